The van der Waals surface area contributed by atoms with Crippen LogP contribution in [0.5, 0.6) is 17.2 Å². The molecule has 1 aromatic carbocycles. The van der Waals surface area contributed by atoms with Crippen molar-refractivity contribution in [2.45, 2.75) is 6.42 Å². The van der Waals surface area contributed by atoms with E-state index in [-0.39, 0.29) is 5.91 Å². The van der Waals surface area contributed by atoms with Gasteiger partial charge >= 0.3 is 0 Å². The number of hydrogen-bond donors (Lipinski definition) is 1. The maximum absolute atomic E-state index is 12.5. The quantitative estimate of drug-likeness (QED) is 0.694. The van der Waals surface area contributed by atoms with Crippen LogP contribution < -0.4 is 19.5 Å². The van der Waals surface area contributed by atoms with Gasteiger partial charge in [-0.1, -0.05) is 6.07 Å². The zero-order chi connectivity index (χ0) is 18.5. The van der Waals surface area contributed by atoms with Crippen LogP contribution in [0.4, 0.5) is 0 Å². The van der Waals surface area contributed by atoms with Crippen molar-refractivity contribution in [3.05, 3.63) is 47.9 Å². The molecular formula is C18H20N4O4. The fourth-order valence-corrected chi connectivity index (χ4v) is 2.66. The summed E-state index contributed by atoms with van der Waals surface area (Å²) in [6.07, 6.45) is 2.45. The molecule has 3 rings (SSSR count). The van der Waals surface area contributed by atoms with Crippen LogP contribution >= 0.6 is 0 Å². The van der Waals surface area contributed by atoms with Crippen molar-refractivity contribution in [1.82, 2.24) is 19.9 Å². The van der Waals surface area contributed by atoms with Gasteiger partial charge in [-0.25, -0.2) is 0 Å². The zero-order valence-corrected chi connectivity index (χ0v) is 14.9. The molecule has 26 heavy (non-hydrogen) atoms. The molecule has 0 saturated carbocycles. The van der Waals surface area contributed by atoms with Gasteiger partial charge in [0.15, 0.2) is 17.1 Å². The minimum atomic E-state index is -0.238. The normalized spacial score (nSPS) is 10.6. The summed E-state index contributed by atoms with van der Waals surface area (Å²) in [7, 11) is 4.54. The van der Waals surface area contributed by atoms with E-state index in [1.54, 1.807) is 12.1 Å². The van der Waals surface area contributed by atoms with Gasteiger partial charge in [0.2, 0.25) is 5.75 Å². The molecule has 8 nitrogen and oxygen atoms in total. The van der Waals surface area contributed by atoms with Gasteiger partial charge in [0.1, 0.15) is 5.82 Å². The van der Waals surface area contributed by atoms with E-state index in [4.69, 9.17) is 14.2 Å². The Morgan fingerprint density at radius 3 is 2.46 bits per heavy atom. The number of nitrogens with one attached hydrogen (secondary N) is 1. The number of carbonyl (C=O) groups is 1. The summed E-state index contributed by atoms with van der Waals surface area (Å²) in [5, 5.41) is 11.1. The molecule has 136 valence electrons. The summed E-state index contributed by atoms with van der Waals surface area (Å²) in [5.41, 5.74) is 1.20. The fourth-order valence-electron chi connectivity index (χ4n) is 2.66. The molecule has 3 aromatic rings. The minimum Gasteiger partial charge on any atom is -0.493 e. The van der Waals surface area contributed by atoms with E-state index in [2.05, 4.69) is 15.5 Å². The molecule has 0 aliphatic carbocycles. The van der Waals surface area contributed by atoms with Gasteiger partial charge in [-0.05, 0) is 24.3 Å². The van der Waals surface area contributed by atoms with Crippen LogP contribution in [-0.2, 0) is 6.42 Å². The van der Waals surface area contributed by atoms with E-state index in [1.165, 1.54) is 21.3 Å². The van der Waals surface area contributed by atoms with Crippen LogP contribution in [0.15, 0.2) is 36.5 Å². The number of fused-ring (bicyclic) bond motifs is 1. The highest BCUT2D eigenvalue weighted by Crippen LogP contribution is 2.38. The first-order valence-electron chi connectivity index (χ1n) is 8.04. The van der Waals surface area contributed by atoms with E-state index in [9.17, 15) is 4.79 Å². The Hall–Kier alpha value is -3.29. The Labute approximate surface area is 150 Å². The van der Waals surface area contributed by atoms with Crippen LogP contribution in [0.25, 0.3) is 5.65 Å². The smallest absolute Gasteiger partial charge is 0.251 e. The average Bonchev–Trinajstić information content (AvgIpc) is 3.09. The van der Waals surface area contributed by atoms with Crippen LogP contribution in [0, 0.1) is 0 Å². The van der Waals surface area contributed by atoms with Crippen molar-refractivity contribution >= 4 is 11.6 Å². The summed E-state index contributed by atoms with van der Waals surface area (Å²) in [6.45, 7) is 0.422. The summed E-state index contributed by atoms with van der Waals surface area (Å²) < 4.78 is 17.7. The van der Waals surface area contributed by atoms with Gasteiger partial charge in [-0.2, -0.15) is 0 Å². The second-order valence-corrected chi connectivity index (χ2v) is 5.46. The van der Waals surface area contributed by atoms with Crippen LogP contribution in [0.3, 0.4) is 0 Å². The highest BCUT2D eigenvalue weighted by Gasteiger charge is 2.17. The van der Waals surface area contributed by atoms with Crippen molar-refractivity contribution in [2.75, 3.05) is 27.9 Å². The van der Waals surface area contributed by atoms with E-state index in [1.807, 2.05) is 28.8 Å². The molecule has 0 spiro atoms. The van der Waals surface area contributed by atoms with Gasteiger partial charge in [0, 0.05) is 24.7 Å². The third kappa shape index (κ3) is 3.39. The standard InChI is InChI=1S/C18H20N4O4/c1-24-13-10-12(11-14(25-2)17(13)26-3)18(23)19-8-7-16-21-20-15-6-4-5-9-22(15)16/h4-6,9-11H,7-8H2,1-3H3,(H,19,23). The number of hydrogen-bond acceptors (Lipinski definition) is 6. The zero-order valence-electron chi connectivity index (χ0n) is 14.9. The molecule has 0 fully saturated rings. The van der Waals surface area contributed by atoms with E-state index in [0.29, 0.717) is 35.8 Å². The second-order valence-electron chi connectivity index (χ2n) is 5.46. The monoisotopic (exact) mass is 356 g/mol. The predicted molar refractivity (Wildman–Crippen MR) is 95.1 cm³/mol. The van der Waals surface area contributed by atoms with Gasteiger partial charge in [0.25, 0.3) is 5.91 Å². The summed E-state index contributed by atoms with van der Waals surface area (Å²) in [4.78, 5) is 12.5. The van der Waals surface area contributed by atoms with Crippen LogP contribution in [-0.4, -0.2) is 48.4 Å². The molecule has 0 atom stereocenters. The van der Waals surface area contributed by atoms with Crippen LogP contribution in [0.1, 0.15) is 16.2 Å². The molecule has 0 aliphatic heterocycles. The van der Waals surface area contributed by atoms with Gasteiger partial charge in [-0.3, -0.25) is 9.20 Å². The van der Waals surface area contributed by atoms with Crippen molar-refractivity contribution in [1.29, 1.82) is 0 Å². The largest absolute Gasteiger partial charge is 0.493 e. The SMILES string of the molecule is COc1cc(C(=O)NCCc2nnc3ccccn23)cc(OC)c1OC. The van der Waals surface area contributed by atoms with Crippen molar-refractivity contribution in [3.8, 4) is 17.2 Å². The lowest BCUT2D eigenvalue weighted by atomic mass is 10.1. The first-order chi connectivity index (χ1) is 12.7. The lowest BCUT2D eigenvalue weighted by Crippen LogP contribution is -2.26. The van der Waals surface area contributed by atoms with Gasteiger partial charge < -0.3 is 19.5 Å². The fraction of sp³-hybridized carbons (Fsp3) is 0.278. The topological polar surface area (TPSA) is 87.0 Å². The predicted octanol–water partition coefficient (Wildman–Crippen LogP) is 1.73. The number of benzene rings is 1. The molecule has 0 radical (unpaired) electrons. The Bertz CT molecular complexity index is 897. The molecule has 2 heterocycles. The summed E-state index contributed by atoms with van der Waals surface area (Å²) in [6, 6.07) is 8.92. The lowest BCUT2D eigenvalue weighted by Gasteiger charge is -2.14. The Morgan fingerprint density at radius 2 is 1.81 bits per heavy atom. The minimum absolute atomic E-state index is 0.238. The van der Waals surface area contributed by atoms with Crippen molar-refractivity contribution in [2.24, 2.45) is 0 Å². The average molecular weight is 356 g/mol. The second kappa shape index (κ2) is 7.73. The van der Waals surface area contributed by atoms with E-state index in [0.717, 1.165) is 11.5 Å². The third-order valence-corrected chi connectivity index (χ3v) is 3.95. The van der Waals surface area contributed by atoms with Crippen molar-refractivity contribution < 1.29 is 19.0 Å². The molecule has 0 aliphatic rings. The third-order valence-electron chi connectivity index (χ3n) is 3.95. The maximum Gasteiger partial charge on any atom is 0.251 e. The molecule has 1 amide bonds. The van der Waals surface area contributed by atoms with E-state index >= 15 is 0 Å². The Balaban J connectivity index is 1.70. The number of methoxy groups -OCH3 is 3. The van der Waals surface area contributed by atoms with E-state index < -0.39 is 0 Å². The van der Waals surface area contributed by atoms with Gasteiger partial charge in [-0.15, -0.1) is 10.2 Å². The summed E-state index contributed by atoms with van der Waals surface area (Å²) >= 11 is 0. The first kappa shape index (κ1) is 17.5. The lowest BCUT2D eigenvalue weighted by molar-refractivity contribution is 0.0953. The molecule has 1 N–H and O–H groups in total. The number of amides is 1. The number of carbonyl (C=O) groups excluding carboxylic acids is 1. The van der Waals surface area contributed by atoms with Crippen LogP contribution in [0.2, 0.25) is 0 Å². The molecular weight excluding hydrogens is 336 g/mol. The number of pyridine rings is 1. The number of rotatable bonds is 7. The highest BCUT2D eigenvalue weighted by molar-refractivity contribution is 5.95. The summed E-state index contributed by atoms with van der Waals surface area (Å²) in [5.74, 6) is 1.85. The first-order valence-corrected chi connectivity index (χ1v) is 8.04. The van der Waals surface area contributed by atoms with Gasteiger partial charge in [0.05, 0.1) is 21.3 Å². The molecule has 0 saturated heterocycles. The maximum atomic E-state index is 12.5. The number of ether oxygens (including phenoxy) is 3. The molecule has 0 bridgehead atoms. The molecule has 0 unspecified atom stereocenters. The molecule has 2 aromatic heterocycles. The number of aromatic nitrogens is 3. The highest BCUT2D eigenvalue weighted by atomic mass is 16.5. The molecule has 8 heteroatoms. The van der Waals surface area contributed by atoms with Crippen molar-refractivity contribution in [3.63, 3.8) is 0 Å². The Morgan fingerprint density at radius 1 is 1.08 bits per heavy atom. The number of nitrogens with zero attached hydrogens (tertiary/aromatic N) is 3. The Kier molecular flexibility index (Phi) is 5.21.